The summed E-state index contributed by atoms with van der Waals surface area (Å²) in [4.78, 5) is 22.7. The molecule has 0 aliphatic heterocycles. The second-order valence-electron chi connectivity index (χ2n) is 4.19. The van der Waals surface area contributed by atoms with Gasteiger partial charge >= 0.3 is 12.1 Å². The summed E-state index contributed by atoms with van der Waals surface area (Å²) in [6.07, 6.45) is -0.795. The lowest BCUT2D eigenvalue weighted by Crippen LogP contribution is -2.16. The summed E-state index contributed by atoms with van der Waals surface area (Å²) in [5.74, 6) is -0.847. The number of rotatable bonds is 4. The number of carbonyl (C=O) groups excluding carboxylic acids is 2. The van der Waals surface area contributed by atoms with Crippen LogP contribution in [0, 0.1) is 0 Å². The van der Waals surface area contributed by atoms with Gasteiger partial charge in [-0.15, -0.1) is 0 Å². The molecule has 4 nitrogen and oxygen atoms in total. The monoisotopic (exact) mass is 282 g/mol. The van der Waals surface area contributed by atoms with Gasteiger partial charge in [0.05, 0.1) is 0 Å². The molecule has 0 saturated heterocycles. The van der Waals surface area contributed by atoms with Gasteiger partial charge in [0.2, 0.25) is 0 Å². The molecule has 106 valence electrons. The lowest BCUT2D eigenvalue weighted by molar-refractivity contribution is -0.134. The Hall–Kier alpha value is -2.88. The Morgan fingerprint density at radius 3 is 1.81 bits per heavy atom. The first-order valence-corrected chi connectivity index (χ1v) is 6.35. The molecule has 0 radical (unpaired) electrons. The van der Waals surface area contributed by atoms with Crippen LogP contribution < -0.4 is 0 Å². The second-order valence-corrected chi connectivity index (χ2v) is 4.19. The third-order valence-corrected chi connectivity index (χ3v) is 2.77. The van der Waals surface area contributed by atoms with E-state index < -0.39 is 18.2 Å². The van der Waals surface area contributed by atoms with E-state index >= 15 is 0 Å². The molecule has 0 aromatic heterocycles. The van der Waals surface area contributed by atoms with Crippen molar-refractivity contribution in [1.29, 1.82) is 0 Å². The first kappa shape index (κ1) is 14.5. The molecule has 2 rings (SSSR count). The number of hydrogen-bond acceptors (Lipinski definition) is 4. The molecule has 0 aliphatic rings. The van der Waals surface area contributed by atoms with E-state index in [1.54, 1.807) is 0 Å². The Bertz CT molecular complexity index is 580. The van der Waals surface area contributed by atoms with E-state index in [1.807, 2.05) is 60.7 Å². The van der Waals surface area contributed by atoms with Crippen LogP contribution in [-0.4, -0.2) is 12.1 Å². The molecule has 0 bridgehead atoms. The first-order valence-electron chi connectivity index (χ1n) is 6.35. The van der Waals surface area contributed by atoms with Gasteiger partial charge in [0.25, 0.3) is 0 Å². The van der Waals surface area contributed by atoms with Crippen molar-refractivity contribution in [2.75, 3.05) is 0 Å². The van der Waals surface area contributed by atoms with Gasteiger partial charge in [-0.1, -0.05) is 67.2 Å². The van der Waals surface area contributed by atoms with Gasteiger partial charge < -0.3 is 9.47 Å². The number of esters is 1. The zero-order chi connectivity index (χ0) is 15.1. The predicted octanol–water partition coefficient (Wildman–Crippen LogP) is 3.64. The Morgan fingerprint density at radius 1 is 0.905 bits per heavy atom. The van der Waals surface area contributed by atoms with Crippen molar-refractivity contribution in [2.45, 2.75) is 6.10 Å². The zero-order valence-corrected chi connectivity index (χ0v) is 11.3. The van der Waals surface area contributed by atoms with Crippen molar-refractivity contribution < 1.29 is 19.1 Å². The molecule has 0 fully saturated rings. The quantitative estimate of drug-likeness (QED) is 0.488. The van der Waals surface area contributed by atoms with Crippen LogP contribution in [0.15, 0.2) is 73.3 Å². The van der Waals surface area contributed by atoms with Crippen LogP contribution in [-0.2, 0) is 14.3 Å². The highest BCUT2D eigenvalue weighted by Gasteiger charge is 2.20. The summed E-state index contributed by atoms with van der Waals surface area (Å²) in [6.45, 7) is 3.23. The third kappa shape index (κ3) is 4.04. The Morgan fingerprint density at radius 2 is 1.38 bits per heavy atom. The van der Waals surface area contributed by atoms with E-state index in [0.29, 0.717) is 0 Å². The van der Waals surface area contributed by atoms with E-state index in [0.717, 1.165) is 17.2 Å². The van der Waals surface area contributed by atoms with Crippen molar-refractivity contribution in [3.05, 3.63) is 84.4 Å². The summed E-state index contributed by atoms with van der Waals surface area (Å²) in [7, 11) is 0. The predicted molar refractivity (Wildman–Crippen MR) is 77.5 cm³/mol. The van der Waals surface area contributed by atoms with Crippen molar-refractivity contribution >= 4 is 12.1 Å². The fourth-order valence-corrected chi connectivity index (χ4v) is 1.83. The van der Waals surface area contributed by atoms with Crippen molar-refractivity contribution in [3.8, 4) is 0 Å². The van der Waals surface area contributed by atoms with Crippen LogP contribution in [0.25, 0.3) is 0 Å². The summed E-state index contributed by atoms with van der Waals surface area (Å²) in [5, 5.41) is 0. The fraction of sp³-hybridized carbons (Fsp3) is 0.0588. The highest BCUT2D eigenvalue weighted by Crippen LogP contribution is 2.26. The maximum absolute atomic E-state index is 11.7. The minimum absolute atomic E-state index is 0.641. The standard InChI is InChI=1S/C17H14O4/c1-2-15(18)20-17(19)21-16(13-9-5-3-6-10-13)14-11-7-4-8-12-14/h2-12,16H,1H2. The highest BCUT2D eigenvalue weighted by molar-refractivity contribution is 5.89. The molecule has 0 amide bonds. The average Bonchev–Trinajstić information content (AvgIpc) is 2.54. The molecule has 21 heavy (non-hydrogen) atoms. The Labute approximate surface area is 122 Å². The van der Waals surface area contributed by atoms with Gasteiger partial charge in [0, 0.05) is 6.08 Å². The molecule has 0 heterocycles. The Kier molecular flexibility index (Phi) is 4.88. The first-order chi connectivity index (χ1) is 10.2. The lowest BCUT2D eigenvalue weighted by Gasteiger charge is -2.17. The molecule has 0 spiro atoms. The van der Waals surface area contributed by atoms with E-state index in [2.05, 4.69) is 11.3 Å². The molecule has 0 aliphatic carbocycles. The van der Waals surface area contributed by atoms with Crippen LogP contribution in [0.1, 0.15) is 17.2 Å². The maximum Gasteiger partial charge on any atom is 0.517 e. The molecular formula is C17H14O4. The summed E-state index contributed by atoms with van der Waals surface area (Å²) in [6, 6.07) is 18.4. The number of benzene rings is 2. The fourth-order valence-electron chi connectivity index (χ4n) is 1.83. The normalized spacial score (nSPS) is 9.95. The zero-order valence-electron chi connectivity index (χ0n) is 11.3. The van der Waals surface area contributed by atoms with Crippen molar-refractivity contribution in [3.63, 3.8) is 0 Å². The topological polar surface area (TPSA) is 52.6 Å². The van der Waals surface area contributed by atoms with Crippen molar-refractivity contribution in [2.24, 2.45) is 0 Å². The summed E-state index contributed by atoms with van der Waals surface area (Å²) >= 11 is 0. The van der Waals surface area contributed by atoms with Crippen LogP contribution in [0.3, 0.4) is 0 Å². The smallest absolute Gasteiger partial charge is 0.421 e. The average molecular weight is 282 g/mol. The number of carbonyl (C=O) groups is 2. The van der Waals surface area contributed by atoms with E-state index in [-0.39, 0.29) is 0 Å². The molecule has 2 aromatic carbocycles. The number of hydrogen-bond donors (Lipinski definition) is 0. The molecule has 0 N–H and O–H groups in total. The van der Waals surface area contributed by atoms with Crippen molar-refractivity contribution in [1.82, 2.24) is 0 Å². The molecule has 4 heteroatoms. The van der Waals surface area contributed by atoms with Gasteiger partial charge in [-0.05, 0) is 11.1 Å². The van der Waals surface area contributed by atoms with Crippen LogP contribution in [0.2, 0.25) is 0 Å². The van der Waals surface area contributed by atoms with Crippen LogP contribution >= 0.6 is 0 Å². The van der Waals surface area contributed by atoms with E-state index in [9.17, 15) is 9.59 Å². The lowest BCUT2D eigenvalue weighted by atomic mass is 10.0. The van der Waals surface area contributed by atoms with Gasteiger partial charge in [-0.25, -0.2) is 9.59 Å². The second kappa shape index (κ2) is 7.05. The molecular weight excluding hydrogens is 268 g/mol. The summed E-state index contributed by atoms with van der Waals surface area (Å²) < 4.78 is 9.72. The van der Waals surface area contributed by atoms with E-state index in [4.69, 9.17) is 4.74 Å². The SMILES string of the molecule is C=CC(=O)OC(=O)OC(c1ccccc1)c1ccccc1. The minimum atomic E-state index is -1.06. The summed E-state index contributed by atoms with van der Waals surface area (Å²) in [5.41, 5.74) is 1.57. The van der Waals surface area contributed by atoms with Crippen LogP contribution in [0.4, 0.5) is 4.79 Å². The number of ether oxygens (including phenoxy) is 2. The Balaban J connectivity index is 2.23. The minimum Gasteiger partial charge on any atom is -0.421 e. The third-order valence-electron chi connectivity index (χ3n) is 2.77. The molecule has 0 atom stereocenters. The van der Waals surface area contributed by atoms with E-state index in [1.165, 1.54) is 0 Å². The maximum atomic E-state index is 11.7. The highest BCUT2D eigenvalue weighted by atomic mass is 16.7. The van der Waals surface area contributed by atoms with Gasteiger partial charge in [-0.3, -0.25) is 0 Å². The van der Waals surface area contributed by atoms with Crippen LogP contribution in [0.5, 0.6) is 0 Å². The molecule has 0 saturated carbocycles. The van der Waals surface area contributed by atoms with Gasteiger partial charge in [-0.2, -0.15) is 0 Å². The molecule has 0 unspecified atom stereocenters. The van der Waals surface area contributed by atoms with Gasteiger partial charge in [0.15, 0.2) is 6.10 Å². The molecule has 2 aromatic rings. The largest absolute Gasteiger partial charge is 0.517 e. The van der Waals surface area contributed by atoms with Gasteiger partial charge in [0.1, 0.15) is 0 Å².